The van der Waals surface area contributed by atoms with Crippen molar-refractivity contribution in [3.05, 3.63) is 12.7 Å². The van der Waals surface area contributed by atoms with Gasteiger partial charge in [-0.05, 0) is 6.08 Å². The van der Waals surface area contributed by atoms with Crippen LogP contribution in [0.3, 0.4) is 0 Å². The molecule has 0 fully saturated rings. The van der Waals surface area contributed by atoms with Crippen LogP contribution in [0.2, 0.25) is 0 Å². The maximum atomic E-state index is 9.44. The first-order chi connectivity index (χ1) is 4.54. The molecule has 0 aromatic rings. The van der Waals surface area contributed by atoms with Crippen molar-refractivity contribution in [2.75, 3.05) is 20.6 Å². The normalized spacial score (nSPS) is 13.5. The zero-order chi connectivity index (χ0) is 8.20. The van der Waals surface area contributed by atoms with Gasteiger partial charge in [0.25, 0.3) is 0 Å². The van der Waals surface area contributed by atoms with E-state index >= 15 is 0 Å². The van der Waals surface area contributed by atoms with Crippen LogP contribution in [0.25, 0.3) is 0 Å². The van der Waals surface area contributed by atoms with Gasteiger partial charge in [-0.2, -0.15) is 0 Å². The highest BCUT2D eigenvalue weighted by atomic mass is 35.5. The van der Waals surface area contributed by atoms with Crippen molar-refractivity contribution >= 4 is 0 Å². The van der Waals surface area contributed by atoms with E-state index in [0.29, 0.717) is 4.48 Å². The second kappa shape index (κ2) is 5.58. The van der Waals surface area contributed by atoms with Crippen molar-refractivity contribution in [2.24, 2.45) is 0 Å². The molecule has 0 aliphatic rings. The Morgan fingerprint density at radius 2 is 2.00 bits per heavy atom. The molecule has 0 radical (unpaired) electrons. The third-order valence-electron chi connectivity index (χ3n) is 1.77. The van der Waals surface area contributed by atoms with Gasteiger partial charge in [0, 0.05) is 6.42 Å². The highest BCUT2D eigenvalue weighted by Crippen LogP contribution is 2.06. The minimum Gasteiger partial charge on any atom is -1.00 e. The summed E-state index contributed by atoms with van der Waals surface area (Å²) in [6.45, 7) is 6.43. The summed E-state index contributed by atoms with van der Waals surface area (Å²) in [6, 6.07) is 0. The summed E-state index contributed by atoms with van der Waals surface area (Å²) in [4.78, 5) is 0. The van der Waals surface area contributed by atoms with Crippen LogP contribution in [-0.2, 0) is 0 Å². The number of aliphatic hydroxyl groups is 1. The van der Waals surface area contributed by atoms with Crippen molar-refractivity contribution in [3.8, 4) is 0 Å². The van der Waals surface area contributed by atoms with Gasteiger partial charge >= 0.3 is 0 Å². The van der Waals surface area contributed by atoms with Crippen LogP contribution in [0.4, 0.5) is 0 Å². The van der Waals surface area contributed by atoms with Gasteiger partial charge in [-0.1, -0.05) is 13.5 Å². The molecule has 0 aliphatic carbocycles. The van der Waals surface area contributed by atoms with E-state index in [2.05, 4.69) is 6.58 Å². The molecule has 0 aliphatic heterocycles. The standard InChI is InChI=1S/C8H18NO.ClH/c1-5-7-9(3,4)8(10)6-2;/h5,8,10H,1,6-7H2,2-4H3;1H/q+1;/p-1. The molecule has 3 heteroatoms. The maximum Gasteiger partial charge on any atom is 0.190 e. The van der Waals surface area contributed by atoms with Gasteiger partial charge in [0.1, 0.15) is 0 Å². The smallest absolute Gasteiger partial charge is 0.190 e. The highest BCUT2D eigenvalue weighted by molar-refractivity contribution is 4.64. The van der Waals surface area contributed by atoms with Crippen molar-refractivity contribution in [3.63, 3.8) is 0 Å². The molecule has 0 saturated heterocycles. The second-order valence-corrected chi connectivity index (χ2v) is 3.14. The Morgan fingerprint density at radius 1 is 1.55 bits per heavy atom. The zero-order valence-electron chi connectivity index (χ0n) is 7.55. The van der Waals surface area contributed by atoms with Gasteiger partial charge in [-0.25, -0.2) is 0 Å². The molecule has 0 heterocycles. The van der Waals surface area contributed by atoms with Crippen LogP contribution in [0.15, 0.2) is 12.7 Å². The Balaban J connectivity index is 0. The predicted octanol–water partition coefficient (Wildman–Crippen LogP) is -2.02. The van der Waals surface area contributed by atoms with E-state index < -0.39 is 0 Å². The fourth-order valence-electron chi connectivity index (χ4n) is 0.949. The molecular formula is C8H18ClNO. The van der Waals surface area contributed by atoms with Gasteiger partial charge in [0.05, 0.1) is 20.6 Å². The molecule has 0 amide bonds. The van der Waals surface area contributed by atoms with E-state index in [1.165, 1.54) is 0 Å². The third-order valence-corrected chi connectivity index (χ3v) is 1.77. The fourth-order valence-corrected chi connectivity index (χ4v) is 0.949. The lowest BCUT2D eigenvalue weighted by atomic mass is 10.3. The van der Waals surface area contributed by atoms with Crippen LogP contribution in [0.1, 0.15) is 13.3 Å². The van der Waals surface area contributed by atoms with Crippen molar-refractivity contribution in [1.29, 1.82) is 0 Å². The van der Waals surface area contributed by atoms with E-state index in [9.17, 15) is 5.11 Å². The number of likely N-dealkylation sites (N-methyl/N-ethyl adjacent to an activating group) is 1. The molecule has 0 aromatic carbocycles. The fraction of sp³-hybridized carbons (Fsp3) is 0.750. The Labute approximate surface area is 75.5 Å². The summed E-state index contributed by atoms with van der Waals surface area (Å²) >= 11 is 0. The first-order valence-corrected chi connectivity index (χ1v) is 3.66. The number of nitrogens with zero attached hydrogens (tertiary/aromatic N) is 1. The molecule has 11 heavy (non-hydrogen) atoms. The van der Waals surface area contributed by atoms with Gasteiger partial charge in [-0.3, -0.25) is 0 Å². The minimum atomic E-state index is -0.266. The number of aliphatic hydroxyl groups excluding tert-OH is 1. The number of hydrogen-bond donors (Lipinski definition) is 1. The van der Waals surface area contributed by atoms with E-state index in [0.717, 1.165) is 13.0 Å². The first kappa shape index (κ1) is 13.5. The lowest BCUT2D eigenvalue weighted by Crippen LogP contribution is -3.00. The lowest BCUT2D eigenvalue weighted by molar-refractivity contribution is -0.931. The Kier molecular flexibility index (Phi) is 6.87. The van der Waals surface area contributed by atoms with E-state index in [1.54, 1.807) is 0 Å². The molecule has 1 unspecified atom stereocenters. The van der Waals surface area contributed by atoms with E-state index in [4.69, 9.17) is 0 Å². The molecule has 1 N–H and O–H groups in total. The summed E-state index contributed by atoms with van der Waals surface area (Å²) < 4.78 is 0.611. The van der Waals surface area contributed by atoms with Crippen LogP contribution in [0, 0.1) is 0 Å². The topological polar surface area (TPSA) is 20.2 Å². The predicted molar refractivity (Wildman–Crippen MR) is 43.5 cm³/mol. The SMILES string of the molecule is C=CC[N+](C)(C)C(O)CC.[Cl-]. The van der Waals surface area contributed by atoms with E-state index in [1.807, 2.05) is 27.1 Å². The number of quaternary nitrogens is 1. The van der Waals surface area contributed by atoms with Crippen LogP contribution < -0.4 is 12.4 Å². The maximum absolute atomic E-state index is 9.44. The quantitative estimate of drug-likeness (QED) is 0.300. The first-order valence-electron chi connectivity index (χ1n) is 3.66. The van der Waals surface area contributed by atoms with Crippen LogP contribution in [0.5, 0.6) is 0 Å². The molecule has 1 atom stereocenters. The molecule has 0 spiro atoms. The number of halogens is 1. The monoisotopic (exact) mass is 179 g/mol. The Bertz CT molecular complexity index is 115. The molecular weight excluding hydrogens is 162 g/mol. The van der Waals surface area contributed by atoms with Gasteiger partial charge in [-0.15, -0.1) is 0 Å². The molecule has 0 saturated carbocycles. The number of hydrogen-bond acceptors (Lipinski definition) is 1. The second-order valence-electron chi connectivity index (χ2n) is 3.14. The summed E-state index contributed by atoms with van der Waals surface area (Å²) in [5.41, 5.74) is 0. The van der Waals surface area contributed by atoms with Crippen molar-refractivity contribution in [2.45, 2.75) is 19.6 Å². The van der Waals surface area contributed by atoms with Gasteiger partial charge in [0.2, 0.25) is 0 Å². The van der Waals surface area contributed by atoms with Gasteiger partial charge in [0.15, 0.2) is 6.23 Å². The molecule has 0 aromatic heterocycles. The summed E-state index contributed by atoms with van der Waals surface area (Å²) in [5, 5.41) is 9.44. The molecule has 2 nitrogen and oxygen atoms in total. The van der Waals surface area contributed by atoms with Crippen molar-refractivity contribution in [1.82, 2.24) is 0 Å². The Morgan fingerprint density at radius 3 is 2.27 bits per heavy atom. The Hall–Kier alpha value is -0.0500. The van der Waals surface area contributed by atoms with Crippen molar-refractivity contribution < 1.29 is 22.0 Å². The largest absolute Gasteiger partial charge is 1.00 e. The highest BCUT2D eigenvalue weighted by Gasteiger charge is 2.21. The van der Waals surface area contributed by atoms with Crippen LogP contribution >= 0.6 is 0 Å². The number of rotatable bonds is 4. The summed E-state index contributed by atoms with van der Waals surface area (Å²) in [6.07, 6.45) is 2.36. The third kappa shape index (κ3) is 4.40. The molecule has 0 rings (SSSR count). The molecule has 68 valence electrons. The molecule has 0 bridgehead atoms. The summed E-state index contributed by atoms with van der Waals surface area (Å²) in [7, 11) is 3.99. The minimum absolute atomic E-state index is 0. The summed E-state index contributed by atoms with van der Waals surface area (Å²) in [5.74, 6) is 0. The van der Waals surface area contributed by atoms with Crippen LogP contribution in [-0.4, -0.2) is 36.5 Å². The lowest BCUT2D eigenvalue weighted by Gasteiger charge is -2.32. The average Bonchev–Trinajstić information content (AvgIpc) is 1.86. The van der Waals surface area contributed by atoms with Gasteiger partial charge < -0.3 is 22.0 Å². The zero-order valence-corrected chi connectivity index (χ0v) is 8.30. The van der Waals surface area contributed by atoms with E-state index in [-0.39, 0.29) is 18.6 Å². The average molecular weight is 180 g/mol.